The Bertz CT molecular complexity index is 1120. The minimum Gasteiger partial charge on any atom is -0.497 e. The van der Waals surface area contributed by atoms with E-state index in [0.717, 1.165) is 39.3 Å². The second kappa shape index (κ2) is 7.52. The third-order valence-corrected chi connectivity index (χ3v) is 4.51. The number of nitrogens with zero attached hydrogens (tertiary/aromatic N) is 3. The van der Waals surface area contributed by atoms with Crippen LogP contribution in [-0.4, -0.2) is 28.0 Å². The fraction of sp³-hybridized carbons (Fsp3) is 0.136. The van der Waals surface area contributed by atoms with E-state index in [2.05, 4.69) is 15.5 Å². The zero-order chi connectivity index (χ0) is 19.5. The van der Waals surface area contributed by atoms with E-state index in [9.17, 15) is 4.79 Å². The summed E-state index contributed by atoms with van der Waals surface area (Å²) in [6, 6.07) is 21.0. The topological polar surface area (TPSA) is 69.0 Å². The number of aryl methyl sites for hydroxylation is 1. The molecule has 1 heterocycles. The molecular weight excluding hydrogens is 352 g/mol. The molecule has 140 valence electrons. The monoisotopic (exact) mass is 372 g/mol. The number of nitrogens with one attached hydrogen (secondary N) is 1. The first-order valence-corrected chi connectivity index (χ1v) is 8.98. The molecule has 0 saturated carbocycles. The second-order valence-corrected chi connectivity index (χ2v) is 6.55. The average molecular weight is 372 g/mol. The van der Waals surface area contributed by atoms with Gasteiger partial charge in [0.25, 0.3) is 0 Å². The van der Waals surface area contributed by atoms with Crippen LogP contribution < -0.4 is 10.1 Å². The number of carbonyl (C=O) groups excluding carboxylic acids is 1. The Morgan fingerprint density at radius 1 is 1.00 bits per heavy atom. The molecule has 0 fully saturated rings. The fourth-order valence-corrected chi connectivity index (χ4v) is 3.01. The minimum absolute atomic E-state index is 0.0591. The summed E-state index contributed by atoms with van der Waals surface area (Å²) in [7, 11) is 1.63. The van der Waals surface area contributed by atoms with E-state index in [0.29, 0.717) is 6.42 Å². The van der Waals surface area contributed by atoms with Crippen LogP contribution in [0.2, 0.25) is 0 Å². The molecule has 0 saturated heterocycles. The van der Waals surface area contributed by atoms with Crippen LogP contribution in [0.5, 0.6) is 5.75 Å². The number of anilines is 1. The fourth-order valence-electron chi connectivity index (χ4n) is 3.01. The first-order valence-electron chi connectivity index (χ1n) is 8.98. The van der Waals surface area contributed by atoms with Crippen molar-refractivity contribution in [3.05, 3.63) is 77.9 Å². The van der Waals surface area contributed by atoms with Crippen LogP contribution >= 0.6 is 0 Å². The molecular formula is C22H20N4O2. The molecule has 28 heavy (non-hydrogen) atoms. The Morgan fingerprint density at radius 3 is 2.36 bits per heavy atom. The normalized spacial score (nSPS) is 10.8. The highest BCUT2D eigenvalue weighted by atomic mass is 16.5. The van der Waals surface area contributed by atoms with E-state index >= 15 is 0 Å². The molecule has 0 aliphatic rings. The summed E-state index contributed by atoms with van der Waals surface area (Å²) in [5.74, 6) is 0.718. The molecule has 0 aliphatic carbocycles. The van der Waals surface area contributed by atoms with Gasteiger partial charge in [0, 0.05) is 5.69 Å². The predicted octanol–water partition coefficient (Wildman–Crippen LogP) is 3.92. The van der Waals surface area contributed by atoms with Gasteiger partial charge in [-0.05, 0) is 54.4 Å². The average Bonchev–Trinajstić information content (AvgIpc) is 3.11. The van der Waals surface area contributed by atoms with Gasteiger partial charge in [-0.2, -0.15) is 4.80 Å². The number of fused-ring (bicyclic) bond motifs is 1. The van der Waals surface area contributed by atoms with Crippen molar-refractivity contribution >= 4 is 22.6 Å². The highest BCUT2D eigenvalue weighted by molar-refractivity contribution is 5.95. The van der Waals surface area contributed by atoms with E-state index < -0.39 is 0 Å². The lowest BCUT2D eigenvalue weighted by molar-refractivity contribution is -0.115. The summed E-state index contributed by atoms with van der Waals surface area (Å²) in [6.07, 6.45) is 0.330. The van der Waals surface area contributed by atoms with E-state index in [1.165, 1.54) is 0 Å². The maximum Gasteiger partial charge on any atom is 0.228 e. The van der Waals surface area contributed by atoms with Crippen LogP contribution in [0.25, 0.3) is 16.7 Å². The maximum absolute atomic E-state index is 12.4. The third kappa shape index (κ3) is 3.71. The van der Waals surface area contributed by atoms with Crippen molar-refractivity contribution in [2.75, 3.05) is 12.4 Å². The Labute approximate surface area is 162 Å². The zero-order valence-corrected chi connectivity index (χ0v) is 15.7. The van der Waals surface area contributed by atoms with Crippen LogP contribution in [0.1, 0.15) is 11.1 Å². The predicted molar refractivity (Wildman–Crippen MR) is 109 cm³/mol. The number of carbonyl (C=O) groups is 1. The number of benzene rings is 3. The molecule has 0 radical (unpaired) electrons. The van der Waals surface area contributed by atoms with Crippen molar-refractivity contribution in [1.82, 2.24) is 15.0 Å². The molecule has 3 aromatic carbocycles. The highest BCUT2D eigenvalue weighted by Crippen LogP contribution is 2.23. The summed E-state index contributed by atoms with van der Waals surface area (Å²) >= 11 is 0. The first kappa shape index (κ1) is 17.7. The first-order chi connectivity index (χ1) is 13.6. The SMILES string of the molecule is COc1ccc(-n2nc3cc(C)c(NC(=O)Cc4ccccc4)cc3n2)cc1. The van der Waals surface area contributed by atoms with Crippen molar-refractivity contribution in [2.24, 2.45) is 0 Å². The quantitative estimate of drug-likeness (QED) is 0.576. The summed E-state index contributed by atoms with van der Waals surface area (Å²) in [5.41, 5.74) is 4.99. The zero-order valence-electron chi connectivity index (χ0n) is 15.7. The molecule has 0 bridgehead atoms. The van der Waals surface area contributed by atoms with Gasteiger partial charge in [0.15, 0.2) is 0 Å². The lowest BCUT2D eigenvalue weighted by Gasteiger charge is -2.08. The highest BCUT2D eigenvalue weighted by Gasteiger charge is 2.11. The van der Waals surface area contributed by atoms with Crippen molar-refractivity contribution in [1.29, 1.82) is 0 Å². The van der Waals surface area contributed by atoms with E-state index in [4.69, 9.17) is 4.74 Å². The van der Waals surface area contributed by atoms with E-state index in [1.807, 2.05) is 73.7 Å². The lowest BCUT2D eigenvalue weighted by atomic mass is 10.1. The van der Waals surface area contributed by atoms with Gasteiger partial charge < -0.3 is 10.1 Å². The van der Waals surface area contributed by atoms with Crippen LogP contribution in [0.4, 0.5) is 5.69 Å². The molecule has 1 aromatic heterocycles. The maximum atomic E-state index is 12.4. The Hall–Kier alpha value is -3.67. The number of rotatable bonds is 5. The molecule has 0 unspecified atom stereocenters. The number of ether oxygens (including phenoxy) is 1. The third-order valence-electron chi connectivity index (χ3n) is 4.51. The van der Waals surface area contributed by atoms with E-state index in [-0.39, 0.29) is 5.91 Å². The largest absolute Gasteiger partial charge is 0.497 e. The number of hydrogen-bond acceptors (Lipinski definition) is 4. The number of amides is 1. The minimum atomic E-state index is -0.0591. The Morgan fingerprint density at radius 2 is 1.68 bits per heavy atom. The Balaban J connectivity index is 1.58. The molecule has 1 N–H and O–H groups in total. The number of aromatic nitrogens is 3. The molecule has 4 aromatic rings. The van der Waals surface area contributed by atoms with Gasteiger partial charge in [-0.25, -0.2) is 0 Å². The lowest BCUT2D eigenvalue weighted by Crippen LogP contribution is -2.15. The van der Waals surface area contributed by atoms with Gasteiger partial charge >= 0.3 is 0 Å². The van der Waals surface area contributed by atoms with Gasteiger partial charge in [0.1, 0.15) is 16.8 Å². The molecule has 4 rings (SSSR count). The Kier molecular flexibility index (Phi) is 4.76. The number of methoxy groups -OCH3 is 1. The van der Waals surface area contributed by atoms with Gasteiger partial charge in [0.2, 0.25) is 5.91 Å². The van der Waals surface area contributed by atoms with Crippen LogP contribution in [0.3, 0.4) is 0 Å². The summed E-state index contributed by atoms with van der Waals surface area (Å²) < 4.78 is 5.18. The standard InChI is InChI=1S/C22H20N4O2/c1-15-12-20-21(25-26(24-20)17-8-10-18(28-2)11-9-17)14-19(15)23-22(27)13-16-6-4-3-5-7-16/h3-12,14H,13H2,1-2H3,(H,23,27). The van der Waals surface area contributed by atoms with Crippen molar-refractivity contribution in [3.63, 3.8) is 0 Å². The van der Waals surface area contributed by atoms with Crippen molar-refractivity contribution in [3.8, 4) is 11.4 Å². The summed E-state index contributed by atoms with van der Waals surface area (Å²) in [4.78, 5) is 14.0. The van der Waals surface area contributed by atoms with Crippen LogP contribution in [-0.2, 0) is 11.2 Å². The molecule has 0 aliphatic heterocycles. The molecule has 0 atom stereocenters. The van der Waals surface area contributed by atoms with Gasteiger partial charge in [0.05, 0.1) is 19.2 Å². The molecule has 1 amide bonds. The van der Waals surface area contributed by atoms with E-state index in [1.54, 1.807) is 11.9 Å². The van der Waals surface area contributed by atoms with Gasteiger partial charge in [-0.1, -0.05) is 30.3 Å². The summed E-state index contributed by atoms with van der Waals surface area (Å²) in [5, 5.41) is 12.1. The molecule has 6 nitrogen and oxygen atoms in total. The van der Waals surface area contributed by atoms with Crippen LogP contribution in [0.15, 0.2) is 66.7 Å². The number of hydrogen-bond donors (Lipinski definition) is 1. The smallest absolute Gasteiger partial charge is 0.228 e. The van der Waals surface area contributed by atoms with Gasteiger partial charge in [-0.15, -0.1) is 10.2 Å². The van der Waals surface area contributed by atoms with Crippen LogP contribution in [0, 0.1) is 6.92 Å². The van der Waals surface area contributed by atoms with Gasteiger partial charge in [-0.3, -0.25) is 4.79 Å². The second-order valence-electron chi connectivity index (χ2n) is 6.55. The van der Waals surface area contributed by atoms with Crippen molar-refractivity contribution in [2.45, 2.75) is 13.3 Å². The molecule has 0 spiro atoms. The molecule has 6 heteroatoms. The summed E-state index contributed by atoms with van der Waals surface area (Å²) in [6.45, 7) is 1.95. The van der Waals surface area contributed by atoms with Crippen molar-refractivity contribution < 1.29 is 9.53 Å².